The lowest BCUT2D eigenvalue weighted by Crippen LogP contribution is -2.43. The average Bonchev–Trinajstić information content (AvgIpc) is 2.69. The van der Waals surface area contributed by atoms with E-state index in [9.17, 15) is 4.79 Å². The number of ether oxygens (including phenoxy) is 1. The van der Waals surface area contributed by atoms with Gasteiger partial charge in [-0.15, -0.1) is 0 Å². The lowest BCUT2D eigenvalue weighted by atomic mass is 9.89. The molecule has 2 aliphatic heterocycles. The zero-order chi connectivity index (χ0) is 12.0. The van der Waals surface area contributed by atoms with Gasteiger partial charge in [0.1, 0.15) is 11.4 Å². The van der Waals surface area contributed by atoms with Gasteiger partial charge in [-0.3, -0.25) is 4.79 Å². The molecule has 1 aromatic rings. The van der Waals surface area contributed by atoms with Crippen LogP contribution in [0.3, 0.4) is 0 Å². The van der Waals surface area contributed by atoms with Crippen molar-refractivity contribution in [1.82, 2.24) is 5.32 Å². The molecule has 2 aliphatic rings. The highest BCUT2D eigenvalue weighted by atomic mass is 35.5. The van der Waals surface area contributed by atoms with Gasteiger partial charge in [-0.05, 0) is 18.7 Å². The third-order valence-electron chi connectivity index (χ3n) is 3.31. The normalized spacial score (nSPS) is 27.1. The van der Waals surface area contributed by atoms with Crippen LogP contribution in [0.4, 0.5) is 0 Å². The van der Waals surface area contributed by atoms with Crippen LogP contribution in [-0.4, -0.2) is 24.5 Å². The summed E-state index contributed by atoms with van der Waals surface area (Å²) in [4.78, 5) is 12.1. The molecule has 1 aromatic carbocycles. The molecule has 1 fully saturated rings. The Balaban J connectivity index is 2.09. The molecular weight excluding hydrogens is 261 g/mol. The van der Waals surface area contributed by atoms with Gasteiger partial charge in [0.25, 0.3) is 0 Å². The summed E-state index contributed by atoms with van der Waals surface area (Å²) in [5.41, 5.74) is 0.0849. The number of rotatable bonds is 0. The van der Waals surface area contributed by atoms with Gasteiger partial charge >= 0.3 is 0 Å². The van der Waals surface area contributed by atoms with Crippen molar-refractivity contribution in [2.45, 2.75) is 18.4 Å². The molecule has 90 valence electrons. The summed E-state index contributed by atoms with van der Waals surface area (Å²) in [5.74, 6) is 0.537. The fraction of sp³-hybridized carbons (Fsp3) is 0.417. The molecule has 5 heteroatoms. The van der Waals surface area contributed by atoms with E-state index in [0.29, 0.717) is 34.3 Å². The van der Waals surface area contributed by atoms with E-state index < -0.39 is 5.60 Å². The molecule has 3 rings (SSSR count). The van der Waals surface area contributed by atoms with Crippen LogP contribution >= 0.6 is 23.2 Å². The molecule has 3 nitrogen and oxygen atoms in total. The van der Waals surface area contributed by atoms with Crippen molar-refractivity contribution in [2.24, 2.45) is 0 Å². The Morgan fingerprint density at radius 3 is 2.88 bits per heavy atom. The number of hydrogen-bond acceptors (Lipinski definition) is 3. The minimum absolute atomic E-state index is 0.0550. The van der Waals surface area contributed by atoms with E-state index in [2.05, 4.69) is 5.32 Å². The molecule has 1 atom stereocenters. The molecular formula is C12H11Cl2NO2. The molecule has 1 saturated heterocycles. The fourth-order valence-corrected chi connectivity index (χ4v) is 3.00. The van der Waals surface area contributed by atoms with Crippen LogP contribution in [0.25, 0.3) is 0 Å². The zero-order valence-electron chi connectivity index (χ0n) is 9.06. The molecule has 1 unspecified atom stereocenters. The minimum Gasteiger partial charge on any atom is -0.483 e. The summed E-state index contributed by atoms with van der Waals surface area (Å²) >= 11 is 12.0. The number of halogens is 2. The van der Waals surface area contributed by atoms with Gasteiger partial charge in [-0.1, -0.05) is 23.2 Å². The van der Waals surface area contributed by atoms with E-state index in [4.69, 9.17) is 27.9 Å². The van der Waals surface area contributed by atoms with Crippen LogP contribution in [0.2, 0.25) is 10.0 Å². The van der Waals surface area contributed by atoms with Gasteiger partial charge in [0, 0.05) is 18.0 Å². The standard InChI is InChI=1S/C12H11Cl2NO2/c13-7-3-8-10(16)5-12(1-2-15-6-12)17-11(8)9(14)4-7/h3-4,15H,1-2,5-6H2. The Labute approximate surface area is 109 Å². The summed E-state index contributed by atoms with van der Waals surface area (Å²) in [6.07, 6.45) is 1.22. The van der Waals surface area contributed by atoms with Crippen molar-refractivity contribution in [3.63, 3.8) is 0 Å². The van der Waals surface area contributed by atoms with Crippen molar-refractivity contribution in [2.75, 3.05) is 13.1 Å². The third-order valence-corrected chi connectivity index (χ3v) is 3.81. The maximum Gasteiger partial charge on any atom is 0.170 e. The Morgan fingerprint density at radius 1 is 1.35 bits per heavy atom. The molecule has 0 saturated carbocycles. The number of Topliss-reactive ketones (excluding diaryl/α,β-unsaturated/α-hetero) is 1. The lowest BCUT2D eigenvalue weighted by Gasteiger charge is -2.34. The number of nitrogens with one attached hydrogen (secondary N) is 1. The first-order chi connectivity index (χ1) is 8.10. The van der Waals surface area contributed by atoms with Crippen LogP contribution in [0.5, 0.6) is 5.75 Å². The molecule has 1 N–H and O–H groups in total. The second-order valence-electron chi connectivity index (χ2n) is 4.58. The van der Waals surface area contributed by atoms with Crippen LogP contribution in [0.15, 0.2) is 12.1 Å². The minimum atomic E-state index is -0.415. The number of carbonyl (C=O) groups excluding carboxylic acids is 1. The molecule has 17 heavy (non-hydrogen) atoms. The highest BCUT2D eigenvalue weighted by molar-refractivity contribution is 6.36. The molecule has 0 aliphatic carbocycles. The highest BCUT2D eigenvalue weighted by Gasteiger charge is 2.43. The maximum absolute atomic E-state index is 12.1. The van der Waals surface area contributed by atoms with Gasteiger partial charge in [0.05, 0.1) is 17.0 Å². The molecule has 0 radical (unpaired) electrons. The Bertz CT molecular complexity index is 496. The van der Waals surface area contributed by atoms with E-state index in [-0.39, 0.29) is 5.78 Å². The lowest BCUT2D eigenvalue weighted by molar-refractivity contribution is 0.0529. The van der Waals surface area contributed by atoms with Crippen LogP contribution < -0.4 is 10.1 Å². The Hall–Kier alpha value is -0.770. The average molecular weight is 272 g/mol. The number of carbonyl (C=O) groups is 1. The number of hydrogen-bond donors (Lipinski definition) is 1. The van der Waals surface area contributed by atoms with Gasteiger partial charge in [0.15, 0.2) is 5.78 Å². The van der Waals surface area contributed by atoms with Crippen LogP contribution in [0.1, 0.15) is 23.2 Å². The molecule has 1 spiro atoms. The maximum atomic E-state index is 12.1. The zero-order valence-corrected chi connectivity index (χ0v) is 10.6. The first kappa shape index (κ1) is 11.3. The fourth-order valence-electron chi connectivity index (χ4n) is 2.47. The van der Waals surface area contributed by atoms with E-state index >= 15 is 0 Å². The second-order valence-corrected chi connectivity index (χ2v) is 5.42. The van der Waals surface area contributed by atoms with Gasteiger partial charge in [0.2, 0.25) is 0 Å². The number of ketones is 1. The van der Waals surface area contributed by atoms with Crippen molar-refractivity contribution >= 4 is 29.0 Å². The smallest absolute Gasteiger partial charge is 0.170 e. The molecule has 2 heterocycles. The van der Waals surface area contributed by atoms with E-state index in [1.165, 1.54) is 0 Å². The van der Waals surface area contributed by atoms with Crippen molar-refractivity contribution < 1.29 is 9.53 Å². The molecule has 0 amide bonds. The molecule has 0 aromatic heterocycles. The quantitative estimate of drug-likeness (QED) is 0.789. The van der Waals surface area contributed by atoms with Crippen molar-refractivity contribution in [3.05, 3.63) is 27.7 Å². The predicted octanol–water partition coefficient (Wildman–Crippen LogP) is 2.69. The van der Waals surface area contributed by atoms with Gasteiger partial charge < -0.3 is 10.1 Å². The summed E-state index contributed by atoms with van der Waals surface area (Å²) < 4.78 is 5.96. The van der Waals surface area contributed by atoms with Crippen molar-refractivity contribution in [3.8, 4) is 5.75 Å². The number of fused-ring (bicyclic) bond motifs is 1. The topological polar surface area (TPSA) is 38.3 Å². The first-order valence-electron chi connectivity index (χ1n) is 5.52. The third kappa shape index (κ3) is 1.82. The summed E-state index contributed by atoms with van der Waals surface area (Å²) in [6, 6.07) is 3.23. The van der Waals surface area contributed by atoms with E-state index in [1.54, 1.807) is 12.1 Å². The second kappa shape index (κ2) is 3.87. The number of benzene rings is 1. The van der Waals surface area contributed by atoms with Gasteiger partial charge in [-0.2, -0.15) is 0 Å². The SMILES string of the molecule is O=C1CC2(CCNC2)Oc2c(Cl)cc(Cl)cc21. The first-order valence-corrected chi connectivity index (χ1v) is 6.27. The highest BCUT2D eigenvalue weighted by Crippen LogP contribution is 2.42. The Morgan fingerprint density at radius 2 is 2.18 bits per heavy atom. The van der Waals surface area contributed by atoms with Gasteiger partial charge in [-0.25, -0.2) is 0 Å². The van der Waals surface area contributed by atoms with E-state index in [0.717, 1.165) is 13.0 Å². The molecule has 0 bridgehead atoms. The van der Waals surface area contributed by atoms with E-state index in [1.807, 2.05) is 0 Å². The van der Waals surface area contributed by atoms with Crippen LogP contribution in [0, 0.1) is 0 Å². The van der Waals surface area contributed by atoms with Crippen molar-refractivity contribution in [1.29, 1.82) is 0 Å². The largest absolute Gasteiger partial charge is 0.483 e. The summed E-state index contributed by atoms with van der Waals surface area (Å²) in [6.45, 7) is 1.56. The summed E-state index contributed by atoms with van der Waals surface area (Å²) in [5, 5.41) is 4.09. The monoisotopic (exact) mass is 271 g/mol. The summed E-state index contributed by atoms with van der Waals surface area (Å²) in [7, 11) is 0. The van der Waals surface area contributed by atoms with Crippen LogP contribution in [-0.2, 0) is 0 Å². The predicted molar refractivity (Wildman–Crippen MR) is 66.3 cm³/mol. The Kier molecular flexibility index (Phi) is 2.58.